The van der Waals surface area contributed by atoms with E-state index in [4.69, 9.17) is 20.0 Å². The lowest BCUT2D eigenvalue weighted by Gasteiger charge is -2.22. The van der Waals surface area contributed by atoms with E-state index in [1.54, 1.807) is 45.0 Å². The van der Waals surface area contributed by atoms with Crippen LogP contribution in [0.5, 0.6) is 0 Å². The zero-order chi connectivity index (χ0) is 26.2. The molecular weight excluding hydrogens is 454 g/mol. The van der Waals surface area contributed by atoms with Gasteiger partial charge in [0.05, 0.1) is 31.7 Å². The molecule has 0 radical (unpaired) electrons. The zero-order valence-electron chi connectivity index (χ0n) is 21.2. The van der Waals surface area contributed by atoms with Gasteiger partial charge < -0.3 is 30.3 Å². The smallest absolute Gasteiger partial charge is 0.436 e. The van der Waals surface area contributed by atoms with Crippen LogP contribution in [0.25, 0.3) is 0 Å². The molecule has 1 aliphatic heterocycles. The number of hydrogen-bond donors (Lipinski definition) is 2. The zero-order valence-corrected chi connectivity index (χ0v) is 21.2. The summed E-state index contributed by atoms with van der Waals surface area (Å²) in [6, 6.07) is 6.66. The second-order valence-corrected chi connectivity index (χ2v) is 9.54. The molecule has 2 rings (SSSR count). The number of hydrogen-bond acceptors (Lipinski definition) is 8. The first-order valence-electron chi connectivity index (χ1n) is 11.3. The number of esters is 1. The summed E-state index contributed by atoms with van der Waals surface area (Å²) < 4.78 is 9.86. The fourth-order valence-electron chi connectivity index (χ4n) is 3.37. The maximum atomic E-state index is 12.5. The molecule has 3 N–H and O–H groups in total. The standard InChI is InChI=1S/C24H35N5O6/c1-24(2,3)34-23(32)27-22(25)16-9-7-15(8-10-16)19-12-18(35-28-19)13-20(30)26-17(14-29(4)5)11-21(31)33-6/h7-10,17-18H,11-14H2,1-6H3,(H,26,30)(H2,25,27,32)/t17-,18?/m0/s1. The lowest BCUT2D eigenvalue weighted by Crippen LogP contribution is -2.44. The van der Waals surface area contributed by atoms with Gasteiger partial charge in [-0.1, -0.05) is 29.4 Å². The molecule has 0 bridgehead atoms. The molecule has 0 fully saturated rings. The van der Waals surface area contributed by atoms with E-state index in [9.17, 15) is 14.4 Å². The average Bonchev–Trinajstić information content (AvgIpc) is 3.19. The molecule has 1 heterocycles. The van der Waals surface area contributed by atoms with E-state index in [0.29, 0.717) is 24.2 Å². The highest BCUT2D eigenvalue weighted by molar-refractivity contribution is 6.05. The molecule has 1 aromatic rings. The Balaban J connectivity index is 1.92. The Kier molecular flexibility index (Phi) is 9.76. The molecule has 0 saturated carbocycles. The third-order valence-corrected chi connectivity index (χ3v) is 4.86. The Labute approximate surface area is 205 Å². The molecule has 35 heavy (non-hydrogen) atoms. The van der Waals surface area contributed by atoms with Gasteiger partial charge >= 0.3 is 12.1 Å². The van der Waals surface area contributed by atoms with Crippen molar-refractivity contribution in [2.45, 2.75) is 57.8 Å². The van der Waals surface area contributed by atoms with Crippen molar-refractivity contribution in [3.63, 3.8) is 0 Å². The summed E-state index contributed by atoms with van der Waals surface area (Å²) in [6.45, 7) is 5.74. The second-order valence-electron chi connectivity index (χ2n) is 9.54. The number of likely N-dealkylation sites (N-methyl/N-ethyl adjacent to an activating group) is 1. The molecule has 0 aromatic heterocycles. The SMILES string of the molecule is COC(=O)C[C@@H](CN(C)C)NC(=O)CC1CC(c2ccc(/C(N)=N/C(=O)OC(C)(C)C)cc2)=NO1. The minimum atomic E-state index is -0.756. The highest BCUT2D eigenvalue weighted by atomic mass is 16.6. The van der Waals surface area contributed by atoms with E-state index in [1.807, 2.05) is 19.0 Å². The number of amidine groups is 1. The third-order valence-electron chi connectivity index (χ3n) is 4.86. The topological polar surface area (TPSA) is 145 Å². The van der Waals surface area contributed by atoms with Crippen molar-refractivity contribution in [1.29, 1.82) is 0 Å². The van der Waals surface area contributed by atoms with E-state index in [1.165, 1.54) is 7.11 Å². The number of nitrogens with one attached hydrogen (secondary N) is 1. The monoisotopic (exact) mass is 489 g/mol. The minimum Gasteiger partial charge on any atom is -0.469 e. The van der Waals surface area contributed by atoms with Crippen molar-refractivity contribution in [3.8, 4) is 0 Å². The summed E-state index contributed by atoms with van der Waals surface area (Å²) >= 11 is 0. The lowest BCUT2D eigenvalue weighted by molar-refractivity contribution is -0.141. The summed E-state index contributed by atoms with van der Waals surface area (Å²) in [5, 5.41) is 6.98. The molecule has 0 saturated heterocycles. The number of carbonyl (C=O) groups is 3. The quantitative estimate of drug-likeness (QED) is 0.304. The van der Waals surface area contributed by atoms with Gasteiger partial charge in [0.2, 0.25) is 5.91 Å². The van der Waals surface area contributed by atoms with Gasteiger partial charge in [0.1, 0.15) is 17.5 Å². The first kappa shape index (κ1) is 27.8. The fraction of sp³-hybridized carbons (Fsp3) is 0.542. The Hall–Kier alpha value is -3.47. The first-order valence-corrected chi connectivity index (χ1v) is 11.3. The molecule has 2 atom stereocenters. The predicted molar refractivity (Wildman–Crippen MR) is 131 cm³/mol. The van der Waals surface area contributed by atoms with Crippen molar-refractivity contribution in [3.05, 3.63) is 35.4 Å². The van der Waals surface area contributed by atoms with Gasteiger partial charge in [0.25, 0.3) is 0 Å². The normalized spacial score (nSPS) is 16.8. The molecule has 0 aliphatic carbocycles. The molecule has 1 aromatic carbocycles. The van der Waals surface area contributed by atoms with Crippen LogP contribution < -0.4 is 11.1 Å². The number of ether oxygens (including phenoxy) is 2. The molecular formula is C24H35N5O6. The van der Waals surface area contributed by atoms with Crippen LogP contribution in [0.15, 0.2) is 34.4 Å². The molecule has 2 amide bonds. The number of aliphatic imine (C=N–C) groups is 1. The van der Waals surface area contributed by atoms with E-state index in [-0.39, 0.29) is 36.6 Å². The molecule has 11 nitrogen and oxygen atoms in total. The molecule has 1 unspecified atom stereocenters. The number of carbonyl (C=O) groups excluding carboxylic acids is 3. The highest BCUT2D eigenvalue weighted by Crippen LogP contribution is 2.20. The van der Waals surface area contributed by atoms with Gasteiger partial charge in [0.15, 0.2) is 0 Å². The van der Waals surface area contributed by atoms with Crippen molar-refractivity contribution in [2.75, 3.05) is 27.7 Å². The van der Waals surface area contributed by atoms with Crippen LogP contribution in [-0.2, 0) is 23.9 Å². The van der Waals surface area contributed by atoms with Gasteiger partial charge in [-0.3, -0.25) is 9.59 Å². The number of nitrogens with two attached hydrogens (primary N) is 1. The summed E-state index contributed by atoms with van der Waals surface area (Å²) in [5.41, 5.74) is 7.32. The summed E-state index contributed by atoms with van der Waals surface area (Å²) in [7, 11) is 5.04. The third kappa shape index (κ3) is 9.73. The Morgan fingerprint density at radius 3 is 2.49 bits per heavy atom. The van der Waals surface area contributed by atoms with E-state index >= 15 is 0 Å². The van der Waals surface area contributed by atoms with E-state index < -0.39 is 17.8 Å². The predicted octanol–water partition coefficient (Wildman–Crippen LogP) is 1.82. The van der Waals surface area contributed by atoms with Crippen LogP contribution in [0.3, 0.4) is 0 Å². The van der Waals surface area contributed by atoms with E-state index in [0.717, 1.165) is 5.56 Å². The van der Waals surface area contributed by atoms with Crippen molar-refractivity contribution >= 4 is 29.5 Å². The van der Waals surface area contributed by atoms with Gasteiger partial charge in [-0.05, 0) is 40.4 Å². The largest absolute Gasteiger partial charge is 0.469 e. The van der Waals surface area contributed by atoms with Gasteiger partial charge in [-0.15, -0.1) is 0 Å². The molecule has 1 aliphatic rings. The average molecular weight is 490 g/mol. The Bertz CT molecular complexity index is 966. The number of benzene rings is 1. The first-order chi connectivity index (χ1) is 16.4. The number of methoxy groups -OCH3 is 1. The Morgan fingerprint density at radius 1 is 1.26 bits per heavy atom. The minimum absolute atomic E-state index is 0.0455. The molecule has 0 spiro atoms. The van der Waals surface area contributed by atoms with Gasteiger partial charge in [-0.25, -0.2) is 4.79 Å². The fourth-order valence-corrected chi connectivity index (χ4v) is 3.37. The number of nitrogens with zero attached hydrogens (tertiary/aromatic N) is 3. The maximum Gasteiger partial charge on any atom is 0.436 e. The lowest BCUT2D eigenvalue weighted by atomic mass is 10.0. The summed E-state index contributed by atoms with van der Waals surface area (Å²) in [6.07, 6.45) is -0.537. The molecule has 11 heteroatoms. The van der Waals surface area contributed by atoms with Crippen LogP contribution >= 0.6 is 0 Å². The maximum absolute atomic E-state index is 12.5. The summed E-state index contributed by atoms with van der Waals surface area (Å²) in [5.74, 6) is -0.576. The number of amides is 2. The summed E-state index contributed by atoms with van der Waals surface area (Å²) in [4.78, 5) is 47.1. The number of rotatable bonds is 9. The Morgan fingerprint density at radius 2 is 1.91 bits per heavy atom. The second kappa shape index (κ2) is 12.3. The van der Waals surface area contributed by atoms with Crippen molar-refractivity contribution in [1.82, 2.24) is 10.2 Å². The molecule has 192 valence electrons. The highest BCUT2D eigenvalue weighted by Gasteiger charge is 2.26. The van der Waals surface area contributed by atoms with Gasteiger partial charge in [0, 0.05) is 18.5 Å². The van der Waals surface area contributed by atoms with Crippen LogP contribution in [0.4, 0.5) is 4.79 Å². The van der Waals surface area contributed by atoms with E-state index in [2.05, 4.69) is 15.5 Å². The van der Waals surface area contributed by atoms with Crippen LogP contribution in [-0.4, -0.2) is 79.9 Å². The van der Waals surface area contributed by atoms with Crippen molar-refractivity contribution < 1.29 is 28.7 Å². The van der Waals surface area contributed by atoms with Crippen molar-refractivity contribution in [2.24, 2.45) is 15.9 Å². The van der Waals surface area contributed by atoms with Crippen LogP contribution in [0.1, 0.15) is 51.2 Å². The number of oxime groups is 1. The van der Waals surface area contributed by atoms with Gasteiger partial charge in [-0.2, -0.15) is 4.99 Å². The van der Waals surface area contributed by atoms with Crippen LogP contribution in [0, 0.1) is 0 Å². The van der Waals surface area contributed by atoms with Crippen LogP contribution in [0.2, 0.25) is 0 Å².